The Kier molecular flexibility index (Phi) is 9.15. The van der Waals surface area contributed by atoms with Gasteiger partial charge in [-0.3, -0.25) is 4.79 Å². The minimum absolute atomic E-state index is 0.0736. The third kappa shape index (κ3) is 6.85. The number of carboxylic acids is 1. The van der Waals surface area contributed by atoms with Crippen molar-refractivity contribution in [1.29, 1.82) is 0 Å². The number of morpholine rings is 1. The number of methoxy groups -OCH3 is 1. The summed E-state index contributed by atoms with van der Waals surface area (Å²) in [4.78, 5) is 26.5. The Bertz CT molecular complexity index is 983. The van der Waals surface area contributed by atoms with Crippen LogP contribution >= 0.6 is 11.6 Å². The molecule has 2 aromatic rings. The maximum atomic E-state index is 12.9. The monoisotopic (exact) mass is 489 g/mol. The van der Waals surface area contributed by atoms with Gasteiger partial charge in [-0.05, 0) is 47.9 Å². The molecule has 1 fully saturated rings. The van der Waals surface area contributed by atoms with Crippen LogP contribution in [0.3, 0.4) is 0 Å². The highest BCUT2D eigenvalue weighted by Gasteiger charge is 2.28. The summed E-state index contributed by atoms with van der Waals surface area (Å²) in [6.07, 6.45) is -0.0736. The Balaban J connectivity index is 1.94. The number of hydrogen-bond donors (Lipinski definition) is 3. The molecule has 2 aromatic carbocycles. The zero-order chi connectivity index (χ0) is 24.7. The van der Waals surface area contributed by atoms with Gasteiger partial charge in [0.1, 0.15) is 0 Å². The molecule has 2 atom stereocenters. The molecule has 0 bridgehead atoms. The topological polar surface area (TPSA) is 100 Å². The summed E-state index contributed by atoms with van der Waals surface area (Å²) in [5.41, 5.74) is 2.85. The summed E-state index contributed by atoms with van der Waals surface area (Å²) in [7, 11) is 1.54. The van der Waals surface area contributed by atoms with E-state index in [1.165, 1.54) is 0 Å². The summed E-state index contributed by atoms with van der Waals surface area (Å²) in [5.74, 6) is -0.917. The molecule has 1 unspecified atom stereocenters. The molecule has 1 saturated heterocycles. The van der Waals surface area contributed by atoms with Crippen LogP contribution in [-0.4, -0.2) is 56.6 Å². The summed E-state index contributed by atoms with van der Waals surface area (Å²) in [6.45, 7) is 6.42. The van der Waals surface area contributed by atoms with Crippen LogP contribution in [-0.2, 0) is 14.3 Å². The first kappa shape index (κ1) is 25.8. The molecule has 2 amide bonds. The molecule has 0 aliphatic carbocycles. The van der Waals surface area contributed by atoms with E-state index in [2.05, 4.69) is 29.4 Å². The highest BCUT2D eigenvalue weighted by atomic mass is 35.5. The molecule has 0 aromatic heterocycles. The van der Waals surface area contributed by atoms with E-state index in [-0.39, 0.29) is 25.0 Å². The standard InChI is InChI=1S/C25H32ClN3O5/c1-16(2)23-15-34-11-10-29(23)22-9-4-17(18(14-33-3)13-24(30)31)12-21(22)28-25(32)27-20-7-5-19(26)6-8-20/h4-9,12,16,18,23H,10-11,13-15H2,1-3H3,(H,30,31)(H2,27,28,32)/t18?,23-/m0/s1. The Morgan fingerprint density at radius 2 is 1.94 bits per heavy atom. The number of halogens is 1. The molecule has 1 heterocycles. The van der Waals surface area contributed by atoms with E-state index in [0.717, 1.165) is 11.3 Å². The van der Waals surface area contributed by atoms with E-state index in [0.29, 0.717) is 42.1 Å². The lowest BCUT2D eigenvalue weighted by molar-refractivity contribution is -0.137. The number of benzene rings is 2. The Labute approximate surface area is 205 Å². The van der Waals surface area contributed by atoms with E-state index in [9.17, 15) is 14.7 Å². The lowest BCUT2D eigenvalue weighted by Gasteiger charge is -2.40. The third-order valence-corrected chi connectivity index (χ3v) is 6.13. The number of ether oxygens (including phenoxy) is 2. The maximum Gasteiger partial charge on any atom is 0.323 e. The average molecular weight is 490 g/mol. The molecular formula is C25H32ClN3O5. The fourth-order valence-corrected chi connectivity index (χ4v) is 4.26. The number of amides is 2. The van der Waals surface area contributed by atoms with Gasteiger partial charge in [-0.15, -0.1) is 0 Å². The Hall–Kier alpha value is -2.81. The first-order valence-corrected chi connectivity index (χ1v) is 11.7. The van der Waals surface area contributed by atoms with E-state index in [4.69, 9.17) is 21.1 Å². The van der Waals surface area contributed by atoms with Gasteiger partial charge in [-0.25, -0.2) is 4.79 Å². The lowest BCUT2D eigenvalue weighted by Crippen LogP contribution is -2.48. The smallest absolute Gasteiger partial charge is 0.323 e. The van der Waals surface area contributed by atoms with Crippen molar-refractivity contribution in [3.63, 3.8) is 0 Å². The van der Waals surface area contributed by atoms with Crippen molar-refractivity contribution in [2.75, 3.05) is 49.0 Å². The van der Waals surface area contributed by atoms with Crippen molar-refractivity contribution >= 4 is 40.7 Å². The van der Waals surface area contributed by atoms with Crippen molar-refractivity contribution in [1.82, 2.24) is 0 Å². The Morgan fingerprint density at radius 1 is 1.21 bits per heavy atom. The van der Waals surface area contributed by atoms with E-state index in [1.807, 2.05) is 18.2 Å². The van der Waals surface area contributed by atoms with Crippen LogP contribution in [0.4, 0.5) is 21.9 Å². The number of carboxylic acid groups (broad SMARTS) is 1. The number of rotatable bonds is 9. The van der Waals surface area contributed by atoms with Gasteiger partial charge < -0.3 is 30.1 Å². The third-order valence-electron chi connectivity index (χ3n) is 5.88. The molecule has 3 N–H and O–H groups in total. The normalized spacial score (nSPS) is 16.9. The van der Waals surface area contributed by atoms with Crippen molar-refractivity contribution < 1.29 is 24.2 Å². The van der Waals surface area contributed by atoms with Crippen LogP contribution < -0.4 is 15.5 Å². The number of anilines is 3. The summed E-state index contributed by atoms with van der Waals surface area (Å²) in [6, 6.07) is 12.3. The molecule has 0 saturated carbocycles. The van der Waals surface area contributed by atoms with Crippen molar-refractivity contribution in [3.8, 4) is 0 Å². The largest absolute Gasteiger partial charge is 0.481 e. The molecule has 8 nitrogen and oxygen atoms in total. The van der Waals surface area contributed by atoms with Gasteiger partial charge in [0.2, 0.25) is 0 Å². The maximum absolute atomic E-state index is 12.9. The second-order valence-corrected chi connectivity index (χ2v) is 9.13. The predicted molar refractivity (Wildman–Crippen MR) is 134 cm³/mol. The van der Waals surface area contributed by atoms with E-state index < -0.39 is 12.0 Å². The summed E-state index contributed by atoms with van der Waals surface area (Å²) in [5, 5.41) is 15.7. The minimum atomic E-state index is -0.908. The fraction of sp³-hybridized carbons (Fsp3) is 0.440. The highest BCUT2D eigenvalue weighted by molar-refractivity contribution is 6.30. The predicted octanol–water partition coefficient (Wildman–Crippen LogP) is 5.05. The summed E-state index contributed by atoms with van der Waals surface area (Å²) >= 11 is 5.94. The molecule has 184 valence electrons. The summed E-state index contributed by atoms with van der Waals surface area (Å²) < 4.78 is 11.0. The van der Waals surface area contributed by atoms with E-state index in [1.54, 1.807) is 31.4 Å². The van der Waals surface area contributed by atoms with Crippen LogP contribution in [0.25, 0.3) is 0 Å². The van der Waals surface area contributed by atoms with Gasteiger partial charge in [-0.2, -0.15) is 0 Å². The van der Waals surface area contributed by atoms with Gasteiger partial charge in [0.05, 0.1) is 43.7 Å². The number of hydrogen-bond acceptors (Lipinski definition) is 5. The van der Waals surface area contributed by atoms with Crippen LogP contribution in [0, 0.1) is 5.92 Å². The van der Waals surface area contributed by atoms with Gasteiger partial charge >= 0.3 is 12.0 Å². The molecule has 0 spiro atoms. The van der Waals surface area contributed by atoms with Crippen molar-refractivity contribution in [3.05, 3.63) is 53.1 Å². The number of nitrogens with one attached hydrogen (secondary N) is 2. The lowest BCUT2D eigenvalue weighted by atomic mass is 9.94. The van der Waals surface area contributed by atoms with Gasteiger partial charge in [0.25, 0.3) is 0 Å². The van der Waals surface area contributed by atoms with Gasteiger partial charge in [-0.1, -0.05) is 31.5 Å². The first-order valence-electron chi connectivity index (χ1n) is 11.3. The minimum Gasteiger partial charge on any atom is -0.481 e. The second kappa shape index (κ2) is 12.1. The number of urea groups is 1. The molecule has 1 aliphatic rings. The molecule has 9 heteroatoms. The number of carbonyl (C=O) groups excluding carboxylic acids is 1. The fourth-order valence-electron chi connectivity index (χ4n) is 4.14. The first-order chi connectivity index (χ1) is 16.3. The van der Waals surface area contributed by atoms with Crippen LogP contribution in [0.2, 0.25) is 5.02 Å². The van der Waals surface area contributed by atoms with Crippen LogP contribution in [0.5, 0.6) is 0 Å². The molecule has 34 heavy (non-hydrogen) atoms. The number of nitrogens with zero attached hydrogens (tertiary/aromatic N) is 1. The number of aliphatic carboxylic acids is 1. The zero-order valence-corrected chi connectivity index (χ0v) is 20.5. The molecule has 0 radical (unpaired) electrons. The van der Waals surface area contributed by atoms with Crippen LogP contribution in [0.15, 0.2) is 42.5 Å². The van der Waals surface area contributed by atoms with E-state index >= 15 is 0 Å². The quantitative estimate of drug-likeness (QED) is 0.455. The van der Waals surface area contributed by atoms with Crippen molar-refractivity contribution in [2.24, 2.45) is 5.92 Å². The van der Waals surface area contributed by atoms with Crippen molar-refractivity contribution in [2.45, 2.75) is 32.2 Å². The molecular weight excluding hydrogens is 458 g/mol. The van der Waals surface area contributed by atoms with Gasteiger partial charge in [0, 0.05) is 30.3 Å². The van der Waals surface area contributed by atoms with Gasteiger partial charge in [0.15, 0.2) is 0 Å². The number of carbonyl (C=O) groups is 2. The molecule has 3 rings (SSSR count). The average Bonchev–Trinajstić information content (AvgIpc) is 2.80. The SMILES string of the molecule is COCC(CC(=O)O)c1ccc(N2CCOC[C@H]2C(C)C)c(NC(=O)Nc2ccc(Cl)cc2)c1. The molecule has 1 aliphatic heterocycles. The second-order valence-electron chi connectivity index (χ2n) is 8.69. The Morgan fingerprint density at radius 3 is 2.59 bits per heavy atom. The zero-order valence-electron chi connectivity index (χ0n) is 19.7. The van der Waals surface area contributed by atoms with Crippen LogP contribution in [0.1, 0.15) is 31.7 Å². The highest BCUT2D eigenvalue weighted by Crippen LogP contribution is 2.35.